The second-order valence-electron chi connectivity index (χ2n) is 7.16. The third-order valence-corrected chi connectivity index (χ3v) is 8.31. The number of morpholine rings is 1. The second kappa shape index (κ2) is 8.84. The van der Waals surface area contributed by atoms with Gasteiger partial charge in [0, 0.05) is 30.2 Å². The quantitative estimate of drug-likeness (QED) is 0.574. The van der Waals surface area contributed by atoms with Crippen molar-refractivity contribution >= 4 is 49.1 Å². The summed E-state index contributed by atoms with van der Waals surface area (Å²) in [5, 5.41) is 0.643. The summed E-state index contributed by atoms with van der Waals surface area (Å²) in [7, 11) is -3.60. The van der Waals surface area contributed by atoms with Crippen molar-refractivity contribution in [3.05, 3.63) is 57.3 Å². The fraction of sp³-hybridized carbons (Fsp3) is 0.333. The van der Waals surface area contributed by atoms with Gasteiger partial charge in [0.1, 0.15) is 0 Å². The second-order valence-corrected chi connectivity index (χ2v) is 10.5. The van der Waals surface area contributed by atoms with Gasteiger partial charge >= 0.3 is 0 Å². The molecule has 0 unspecified atom stereocenters. The average Bonchev–Trinajstić information content (AvgIpc) is 3.11. The van der Waals surface area contributed by atoms with E-state index in [0.717, 1.165) is 15.8 Å². The van der Waals surface area contributed by atoms with Gasteiger partial charge in [0.15, 0.2) is 4.80 Å². The molecule has 1 aliphatic heterocycles. The maximum absolute atomic E-state index is 12.8. The Morgan fingerprint density at radius 3 is 2.52 bits per heavy atom. The largest absolute Gasteiger partial charge is 0.379 e. The molecule has 0 radical (unpaired) electrons. The lowest BCUT2D eigenvalue weighted by atomic mass is 10.2. The van der Waals surface area contributed by atoms with E-state index in [-0.39, 0.29) is 4.90 Å². The summed E-state index contributed by atoms with van der Waals surface area (Å²) in [6.45, 7) is 6.04. The van der Waals surface area contributed by atoms with Gasteiger partial charge in [-0.25, -0.2) is 8.42 Å². The summed E-state index contributed by atoms with van der Waals surface area (Å²) in [6, 6.07) is 9.68. The van der Waals surface area contributed by atoms with Gasteiger partial charge in [-0.2, -0.15) is 9.30 Å². The van der Waals surface area contributed by atoms with E-state index >= 15 is 0 Å². The number of amides is 1. The van der Waals surface area contributed by atoms with E-state index in [1.807, 2.05) is 30.5 Å². The number of hydrogen-bond acceptors (Lipinski definition) is 5. The van der Waals surface area contributed by atoms with E-state index in [1.54, 1.807) is 0 Å². The Morgan fingerprint density at radius 2 is 1.87 bits per heavy atom. The summed E-state index contributed by atoms with van der Waals surface area (Å²) in [6.07, 6.45) is 0. The number of hydrogen-bond donors (Lipinski definition) is 0. The smallest absolute Gasteiger partial charge is 0.279 e. The number of halogens is 1. The lowest BCUT2D eigenvalue weighted by Crippen LogP contribution is -2.40. The molecule has 1 saturated heterocycles. The third kappa shape index (κ3) is 4.33. The summed E-state index contributed by atoms with van der Waals surface area (Å²) >= 11 is 7.58. The molecule has 10 heteroatoms. The number of thiazole rings is 1. The zero-order chi connectivity index (χ0) is 22.2. The third-order valence-electron chi connectivity index (χ3n) is 5.15. The van der Waals surface area contributed by atoms with Gasteiger partial charge < -0.3 is 9.30 Å². The number of sulfonamides is 1. The Bertz CT molecular complexity index is 1300. The first kappa shape index (κ1) is 22.2. The van der Waals surface area contributed by atoms with Crippen molar-refractivity contribution in [2.24, 2.45) is 4.99 Å². The molecule has 164 valence electrons. The molecule has 2 heterocycles. The first-order valence-corrected chi connectivity index (χ1v) is 12.5. The molecule has 2 aromatic carbocycles. The first-order valence-electron chi connectivity index (χ1n) is 9.88. The minimum absolute atomic E-state index is 0.154. The van der Waals surface area contributed by atoms with Crippen molar-refractivity contribution in [1.29, 1.82) is 0 Å². The van der Waals surface area contributed by atoms with Crippen molar-refractivity contribution < 1.29 is 17.9 Å². The zero-order valence-electron chi connectivity index (χ0n) is 17.2. The van der Waals surface area contributed by atoms with Crippen LogP contribution in [0.15, 0.2) is 46.3 Å². The van der Waals surface area contributed by atoms with E-state index in [4.69, 9.17) is 16.3 Å². The molecule has 1 fully saturated rings. The highest BCUT2D eigenvalue weighted by Gasteiger charge is 2.26. The molecule has 0 aliphatic carbocycles. The van der Waals surface area contributed by atoms with Crippen molar-refractivity contribution in [1.82, 2.24) is 8.87 Å². The molecule has 1 aromatic heterocycles. The van der Waals surface area contributed by atoms with Crippen molar-refractivity contribution in [2.45, 2.75) is 25.3 Å². The van der Waals surface area contributed by atoms with Crippen molar-refractivity contribution in [3.8, 4) is 0 Å². The number of nitrogens with zero attached hydrogens (tertiary/aromatic N) is 3. The van der Waals surface area contributed by atoms with Crippen LogP contribution < -0.4 is 4.80 Å². The predicted octanol–water partition coefficient (Wildman–Crippen LogP) is 3.45. The number of benzene rings is 2. The normalized spacial score (nSPS) is 16.2. The first-order chi connectivity index (χ1) is 14.8. The highest BCUT2D eigenvalue weighted by molar-refractivity contribution is 7.89. The summed E-state index contributed by atoms with van der Waals surface area (Å²) < 4.78 is 35.1. The van der Waals surface area contributed by atoms with E-state index < -0.39 is 15.9 Å². The van der Waals surface area contributed by atoms with E-state index in [9.17, 15) is 13.2 Å². The van der Waals surface area contributed by atoms with Crippen molar-refractivity contribution in [2.75, 3.05) is 26.3 Å². The van der Waals surface area contributed by atoms with Crippen LogP contribution in [0.3, 0.4) is 0 Å². The number of rotatable bonds is 4. The molecule has 3 aromatic rings. The lowest BCUT2D eigenvalue weighted by Gasteiger charge is -2.26. The Kier molecular flexibility index (Phi) is 6.32. The van der Waals surface area contributed by atoms with Crippen LogP contribution in [0.2, 0.25) is 5.02 Å². The Balaban J connectivity index is 1.66. The lowest BCUT2D eigenvalue weighted by molar-refractivity contribution is 0.0730. The molecular formula is C21H22ClN3O4S2. The molecule has 0 N–H and O–H groups in total. The van der Waals surface area contributed by atoms with Gasteiger partial charge in [-0.1, -0.05) is 22.9 Å². The number of carbonyl (C=O) groups excluding carboxylic acids is 1. The molecule has 0 spiro atoms. The molecular weight excluding hydrogens is 458 g/mol. The molecule has 1 aliphatic rings. The van der Waals surface area contributed by atoms with Crippen LogP contribution >= 0.6 is 22.9 Å². The monoisotopic (exact) mass is 479 g/mol. The van der Waals surface area contributed by atoms with Crippen LogP contribution in [-0.4, -0.2) is 49.5 Å². The van der Waals surface area contributed by atoms with E-state index in [1.165, 1.54) is 39.9 Å². The average molecular weight is 480 g/mol. The zero-order valence-corrected chi connectivity index (χ0v) is 19.6. The maximum Gasteiger partial charge on any atom is 0.279 e. The van der Waals surface area contributed by atoms with Crippen LogP contribution in [0.4, 0.5) is 0 Å². The number of fused-ring (bicyclic) bond motifs is 1. The Hall–Kier alpha value is -2.04. The number of carbonyl (C=O) groups is 1. The molecule has 0 bridgehead atoms. The fourth-order valence-corrected chi connectivity index (χ4v) is 6.57. The molecule has 7 nitrogen and oxygen atoms in total. The van der Waals surface area contributed by atoms with Gasteiger partial charge in [-0.3, -0.25) is 4.79 Å². The summed E-state index contributed by atoms with van der Waals surface area (Å²) in [4.78, 5) is 17.8. The topological polar surface area (TPSA) is 81.0 Å². The number of aromatic nitrogens is 1. The van der Waals surface area contributed by atoms with E-state index in [0.29, 0.717) is 48.2 Å². The SMILES string of the molecule is CCn1c(=NC(=O)c2ccc(S(=O)(=O)N3CCOCC3)cc2)sc2cc(Cl)cc(C)c21. The molecule has 0 saturated carbocycles. The van der Waals surface area contributed by atoms with Crippen LogP contribution in [-0.2, 0) is 21.3 Å². The highest BCUT2D eigenvalue weighted by Crippen LogP contribution is 2.26. The Morgan fingerprint density at radius 1 is 1.19 bits per heavy atom. The minimum Gasteiger partial charge on any atom is -0.379 e. The van der Waals surface area contributed by atoms with Gasteiger partial charge in [-0.15, -0.1) is 0 Å². The standard InChI is InChI=1S/C21H22ClN3O4S2/c1-3-25-19-14(2)12-16(22)13-18(19)30-21(25)23-20(26)15-4-6-17(7-5-15)31(27,28)24-8-10-29-11-9-24/h4-7,12-13H,3,8-11H2,1-2H3. The number of aryl methyl sites for hydroxylation is 2. The van der Waals surface area contributed by atoms with Gasteiger partial charge in [0.05, 0.1) is 28.3 Å². The molecule has 0 atom stereocenters. The molecule has 1 amide bonds. The van der Waals surface area contributed by atoms with Gasteiger partial charge in [0.2, 0.25) is 10.0 Å². The maximum atomic E-state index is 12.8. The number of ether oxygens (including phenoxy) is 1. The predicted molar refractivity (Wildman–Crippen MR) is 121 cm³/mol. The molecule has 31 heavy (non-hydrogen) atoms. The van der Waals surface area contributed by atoms with Crippen molar-refractivity contribution in [3.63, 3.8) is 0 Å². The summed E-state index contributed by atoms with van der Waals surface area (Å²) in [5.74, 6) is -0.423. The minimum atomic E-state index is -3.60. The van der Waals surface area contributed by atoms with E-state index in [2.05, 4.69) is 4.99 Å². The summed E-state index contributed by atoms with van der Waals surface area (Å²) in [5.41, 5.74) is 2.36. The van der Waals surface area contributed by atoms with Crippen LogP contribution in [0.5, 0.6) is 0 Å². The molecule has 4 rings (SSSR count). The van der Waals surface area contributed by atoms with Crippen LogP contribution in [0, 0.1) is 6.92 Å². The van der Waals surface area contributed by atoms with Gasteiger partial charge in [0.25, 0.3) is 5.91 Å². The van der Waals surface area contributed by atoms with Gasteiger partial charge in [-0.05, 0) is 55.8 Å². The van der Waals surface area contributed by atoms with Crippen LogP contribution in [0.25, 0.3) is 10.2 Å². The fourth-order valence-electron chi connectivity index (χ4n) is 3.61. The highest BCUT2D eigenvalue weighted by atomic mass is 35.5. The van der Waals surface area contributed by atoms with Crippen LogP contribution in [0.1, 0.15) is 22.8 Å². The Labute approximate surface area is 189 Å².